The van der Waals surface area contributed by atoms with Gasteiger partial charge in [0.15, 0.2) is 29.5 Å². The number of aromatic hydroxyl groups is 2. The molecule has 4 aliphatic rings. The van der Waals surface area contributed by atoms with Gasteiger partial charge in [0.25, 0.3) is 0 Å². The average molecular weight is 809 g/mol. The summed E-state index contributed by atoms with van der Waals surface area (Å²) in [5, 5.41) is 66.2. The molecule has 1 aromatic carbocycles. The van der Waals surface area contributed by atoms with Crippen LogP contribution in [0.4, 0.5) is 4.79 Å². The maximum Gasteiger partial charge on any atom is 0.514 e. The van der Waals surface area contributed by atoms with E-state index in [1.54, 1.807) is 13.0 Å². The molecule has 3 fully saturated rings. The highest BCUT2D eigenvalue weighted by Gasteiger charge is 2.70. The third-order valence-corrected chi connectivity index (χ3v) is 11.9. The van der Waals surface area contributed by atoms with Gasteiger partial charge in [0.2, 0.25) is 11.5 Å². The van der Waals surface area contributed by atoms with Crippen LogP contribution in [0.15, 0.2) is 35.9 Å². The second kappa shape index (κ2) is 18.0. The Kier molecular flexibility index (Phi) is 13.7. The fraction of sp³-hybridized carbons (Fsp3) is 0.595. The zero-order chi connectivity index (χ0) is 41.7. The Morgan fingerprint density at radius 3 is 2.30 bits per heavy atom. The fourth-order valence-electron chi connectivity index (χ4n) is 9.35. The van der Waals surface area contributed by atoms with E-state index in [1.807, 2.05) is 13.0 Å². The number of hydrogen-bond donors (Lipinski definition) is 7. The van der Waals surface area contributed by atoms with E-state index in [-0.39, 0.29) is 87.4 Å². The molecule has 0 heterocycles. The Hall–Kier alpha value is -4.51. The molecule has 7 N–H and O–H groups in total. The normalized spacial score (nSPS) is 28.9. The number of allylic oxidation sites excluding steroid dienone is 4. The number of Topliss-reactive ketones (excluding diaryl/α,β-unsaturated/α-hetero) is 1. The summed E-state index contributed by atoms with van der Waals surface area (Å²) >= 11 is 0. The van der Waals surface area contributed by atoms with Gasteiger partial charge in [-0.05, 0) is 87.5 Å². The van der Waals surface area contributed by atoms with E-state index in [0.29, 0.717) is 19.3 Å². The van der Waals surface area contributed by atoms with Crippen LogP contribution in [0.3, 0.4) is 0 Å². The highest BCUT2D eigenvalue weighted by molar-refractivity contribution is 6.01. The Morgan fingerprint density at radius 1 is 0.912 bits per heavy atom. The topological polar surface area (TPSA) is 289 Å². The van der Waals surface area contributed by atoms with Crippen LogP contribution >= 0.6 is 0 Å². The highest BCUT2D eigenvalue weighted by Crippen LogP contribution is 2.68. The van der Waals surface area contributed by atoms with Crippen LogP contribution in [0.5, 0.6) is 17.2 Å². The van der Waals surface area contributed by atoms with Crippen LogP contribution in [0.1, 0.15) is 82.0 Å². The van der Waals surface area contributed by atoms with Crippen LogP contribution in [-0.2, 0) is 38.3 Å². The molecular weight excluding hydrogens is 760 g/mol. The molecule has 4 aliphatic carbocycles. The van der Waals surface area contributed by atoms with E-state index in [9.17, 15) is 39.3 Å². The number of phenolic OH excluding ortho intramolecular Hbond substituents is 2. The van der Waals surface area contributed by atoms with Crippen molar-refractivity contribution in [3.8, 4) is 17.2 Å². The van der Waals surface area contributed by atoms with Gasteiger partial charge in [-0.15, -0.1) is 0 Å². The minimum atomic E-state index is -1.90. The predicted octanol–water partition coefficient (Wildman–Crippen LogP) is 3.48. The Balaban J connectivity index is 1.31. The summed E-state index contributed by atoms with van der Waals surface area (Å²) in [5.41, 5.74) is -3.08. The number of ether oxygens (including phenoxy) is 4. The number of rotatable bonds is 17. The van der Waals surface area contributed by atoms with Gasteiger partial charge < -0.3 is 34.3 Å². The van der Waals surface area contributed by atoms with Gasteiger partial charge in [-0.25, -0.2) is 9.59 Å². The molecule has 0 bridgehead atoms. The van der Waals surface area contributed by atoms with Crippen LogP contribution in [0, 0.1) is 28.6 Å². The van der Waals surface area contributed by atoms with E-state index in [1.165, 1.54) is 6.08 Å². The smallest absolute Gasteiger partial charge is 0.504 e. The number of nitrogens with zero attached hydrogens (tertiary/aromatic N) is 2. The summed E-state index contributed by atoms with van der Waals surface area (Å²) in [6.45, 7) is 2.25. The molecular formula is C37H48N2O18. The third kappa shape index (κ3) is 9.29. The number of carbonyl (C=O) groups excluding carboxylic acids is 5. The molecule has 57 heavy (non-hydrogen) atoms. The van der Waals surface area contributed by atoms with Crippen molar-refractivity contribution in [2.24, 2.45) is 28.6 Å². The summed E-state index contributed by atoms with van der Waals surface area (Å²) in [7, 11) is 0. The quantitative estimate of drug-likeness (QED) is 0.0296. The van der Waals surface area contributed by atoms with Gasteiger partial charge in [-0.1, -0.05) is 25.5 Å². The number of unbranched alkanes of at least 4 members (excludes halogenated alkanes) is 1. The molecule has 2 unspecified atom stereocenters. The fourth-order valence-corrected chi connectivity index (χ4v) is 9.35. The van der Waals surface area contributed by atoms with Gasteiger partial charge in [0, 0.05) is 23.2 Å². The Bertz CT molecular complexity index is 1760. The summed E-state index contributed by atoms with van der Waals surface area (Å²) in [5.74, 6) is -5.93. The number of hydrogen-bond acceptors (Lipinski definition) is 20. The van der Waals surface area contributed by atoms with E-state index in [4.69, 9.17) is 39.8 Å². The second-order valence-corrected chi connectivity index (χ2v) is 15.1. The number of esters is 2. The van der Waals surface area contributed by atoms with E-state index < -0.39 is 81.0 Å². The number of ketones is 2. The first-order chi connectivity index (χ1) is 26.9. The molecule has 3 saturated carbocycles. The van der Waals surface area contributed by atoms with E-state index in [2.05, 4.69) is 9.68 Å². The zero-order valence-corrected chi connectivity index (χ0v) is 31.4. The maximum atomic E-state index is 14.4. The van der Waals surface area contributed by atoms with Crippen molar-refractivity contribution < 1.29 is 88.7 Å². The summed E-state index contributed by atoms with van der Waals surface area (Å²) in [4.78, 5) is 74.4. The van der Waals surface area contributed by atoms with Crippen molar-refractivity contribution in [1.29, 1.82) is 0 Å². The van der Waals surface area contributed by atoms with Crippen molar-refractivity contribution in [2.45, 2.75) is 83.3 Å². The zero-order valence-electron chi connectivity index (χ0n) is 31.4. The van der Waals surface area contributed by atoms with Crippen molar-refractivity contribution in [2.75, 3.05) is 26.4 Å². The van der Waals surface area contributed by atoms with E-state index in [0.717, 1.165) is 17.7 Å². The third-order valence-electron chi connectivity index (χ3n) is 11.9. The first kappa shape index (κ1) is 43.6. The molecule has 314 valence electrons. The van der Waals surface area contributed by atoms with Crippen LogP contribution in [-0.4, -0.2) is 115 Å². The average Bonchev–Trinajstić information content (AvgIpc) is 3.43. The SMILES string of the molecule is C[C@]12C=CC(=O)C=C1CCC1C3CC[C@](OC(=O)CCCON(O)O)(C(=O)COC(=O)Oc4cc(C(=O)OCCCCON(O)O)cc(O)c4O)[C@@]3(C)C[C@H](O)[C@@H]12. The lowest BCUT2D eigenvalue weighted by atomic mass is 9.46. The van der Waals surface area contributed by atoms with Crippen LogP contribution in [0.2, 0.25) is 0 Å². The number of carbonyl (C=O) groups is 5. The molecule has 0 radical (unpaired) electrons. The Labute approximate surface area is 326 Å². The number of aliphatic hydroxyl groups excluding tert-OH is 1. The maximum absolute atomic E-state index is 14.4. The molecule has 20 heteroatoms. The molecule has 0 aromatic heterocycles. The second-order valence-electron chi connectivity index (χ2n) is 15.1. The van der Waals surface area contributed by atoms with Crippen molar-refractivity contribution in [3.63, 3.8) is 0 Å². The molecule has 7 atom stereocenters. The van der Waals surface area contributed by atoms with Gasteiger partial charge >= 0.3 is 18.1 Å². The molecule has 1 aromatic rings. The summed E-state index contributed by atoms with van der Waals surface area (Å²) in [6, 6.07) is 1.75. The van der Waals surface area contributed by atoms with Crippen molar-refractivity contribution >= 4 is 29.7 Å². The number of phenols is 2. The van der Waals surface area contributed by atoms with Crippen LogP contribution < -0.4 is 4.74 Å². The lowest BCUT2D eigenvalue weighted by Crippen LogP contribution is -2.63. The predicted molar refractivity (Wildman–Crippen MR) is 185 cm³/mol. The lowest BCUT2D eigenvalue weighted by Gasteiger charge is -2.59. The van der Waals surface area contributed by atoms with Crippen molar-refractivity contribution in [3.05, 3.63) is 41.5 Å². The van der Waals surface area contributed by atoms with Gasteiger partial charge in [-0.3, -0.25) is 44.9 Å². The molecule has 0 amide bonds. The van der Waals surface area contributed by atoms with Gasteiger partial charge in [0.05, 0.1) is 42.3 Å². The minimum absolute atomic E-state index is 0.0194. The largest absolute Gasteiger partial charge is 0.514 e. The van der Waals surface area contributed by atoms with Gasteiger partial charge in [-0.2, -0.15) is 0 Å². The number of fused-ring (bicyclic) bond motifs is 5. The van der Waals surface area contributed by atoms with Crippen LogP contribution in [0.25, 0.3) is 0 Å². The molecule has 0 spiro atoms. The summed E-state index contributed by atoms with van der Waals surface area (Å²) < 4.78 is 21.4. The molecule has 20 nitrogen and oxygen atoms in total. The first-order valence-electron chi connectivity index (χ1n) is 18.5. The first-order valence-corrected chi connectivity index (χ1v) is 18.5. The van der Waals surface area contributed by atoms with Crippen molar-refractivity contribution in [1.82, 2.24) is 10.8 Å². The Morgan fingerprint density at radius 2 is 1.60 bits per heavy atom. The number of benzene rings is 1. The van der Waals surface area contributed by atoms with E-state index >= 15 is 0 Å². The molecule has 0 aliphatic heterocycles. The minimum Gasteiger partial charge on any atom is -0.504 e. The highest BCUT2D eigenvalue weighted by atomic mass is 17.1. The number of aliphatic hydroxyl groups is 1. The molecule has 5 rings (SSSR count). The van der Waals surface area contributed by atoms with Gasteiger partial charge in [0.1, 0.15) is 0 Å². The standard InChI is InChI=1S/C37H48N2O18/c1-35-11-9-23(40)18-22(35)7-8-24-25-10-12-37(36(25,2)19-27(42)31(24)35,57-30(44)6-5-15-55-39(50)51)29(43)20-53-34(47)56-28-17-21(16-26(41)32(28)45)33(46)52-13-3-4-14-54-38(48)49/h9,11,16-18,24-25,27,31,41-42,45,48-51H,3-8,10,12-15,19-20H2,1-2H3/t24?,25?,27-,31+,35-,36-,37-/m0/s1. The summed E-state index contributed by atoms with van der Waals surface area (Å²) in [6.07, 6.45) is 4.27. The molecule has 0 saturated heterocycles. The lowest BCUT2D eigenvalue weighted by molar-refractivity contribution is -0.492. The monoisotopic (exact) mass is 808 g/mol.